The lowest BCUT2D eigenvalue weighted by Gasteiger charge is -2.15. The van der Waals surface area contributed by atoms with Crippen molar-refractivity contribution in [2.45, 2.75) is 6.92 Å². The van der Waals surface area contributed by atoms with Crippen LogP contribution >= 0.6 is 15.9 Å². The van der Waals surface area contributed by atoms with Crippen molar-refractivity contribution in [3.63, 3.8) is 0 Å². The third-order valence-corrected chi connectivity index (χ3v) is 2.67. The van der Waals surface area contributed by atoms with Gasteiger partial charge in [0.05, 0.1) is 0 Å². The van der Waals surface area contributed by atoms with Crippen LogP contribution in [-0.2, 0) is 4.79 Å². The second-order valence-electron chi connectivity index (χ2n) is 3.40. The molecule has 0 bridgehead atoms. The molecule has 0 fully saturated rings. The number of nitrogens with zero attached hydrogens (tertiary/aromatic N) is 1. The molecule has 0 atom stereocenters. The molecule has 3 nitrogen and oxygen atoms in total. The van der Waals surface area contributed by atoms with Crippen LogP contribution in [-0.4, -0.2) is 31.0 Å². The van der Waals surface area contributed by atoms with E-state index in [0.29, 0.717) is 11.0 Å². The first-order chi connectivity index (χ1) is 7.95. The minimum Gasteiger partial charge on any atom is -0.481 e. The monoisotopic (exact) mass is 307 g/mol. The van der Waals surface area contributed by atoms with Crippen LogP contribution in [0.2, 0.25) is 0 Å². The molecule has 0 saturated carbocycles. The van der Waals surface area contributed by atoms with Crippen LogP contribution in [0.15, 0.2) is 16.6 Å². The largest absolute Gasteiger partial charge is 0.481 e. The van der Waals surface area contributed by atoms with E-state index in [0.717, 1.165) is 6.07 Å². The Morgan fingerprint density at radius 1 is 1.47 bits per heavy atom. The number of rotatable bonds is 4. The predicted octanol–water partition coefficient (Wildman–Crippen LogP) is 2.58. The van der Waals surface area contributed by atoms with Crippen molar-refractivity contribution in [1.29, 1.82) is 0 Å². The van der Waals surface area contributed by atoms with Gasteiger partial charge in [-0.15, -0.1) is 0 Å². The van der Waals surface area contributed by atoms with Crippen LogP contribution in [0.4, 0.5) is 8.78 Å². The molecule has 0 aliphatic carbocycles. The van der Waals surface area contributed by atoms with Crippen molar-refractivity contribution in [3.8, 4) is 5.75 Å². The first-order valence-electron chi connectivity index (χ1n) is 4.97. The second kappa shape index (κ2) is 5.95. The molecular formula is C11H12BrF2NO2. The SMILES string of the molecule is CCN(C)C(=O)COc1cc(Br)cc(F)c1F. The lowest BCUT2D eigenvalue weighted by atomic mass is 10.3. The molecule has 0 aromatic heterocycles. The molecule has 0 unspecified atom stereocenters. The topological polar surface area (TPSA) is 29.5 Å². The highest BCUT2D eigenvalue weighted by Gasteiger charge is 2.14. The van der Waals surface area contributed by atoms with Gasteiger partial charge in [-0.3, -0.25) is 4.79 Å². The fraction of sp³-hybridized carbons (Fsp3) is 0.364. The van der Waals surface area contributed by atoms with Crippen LogP contribution in [0, 0.1) is 11.6 Å². The fourth-order valence-electron chi connectivity index (χ4n) is 1.06. The summed E-state index contributed by atoms with van der Waals surface area (Å²) in [6, 6.07) is 2.26. The Kier molecular flexibility index (Phi) is 4.86. The average Bonchev–Trinajstić information content (AvgIpc) is 2.30. The lowest BCUT2D eigenvalue weighted by Crippen LogP contribution is -2.31. The normalized spacial score (nSPS) is 10.2. The number of ether oxygens (including phenoxy) is 1. The summed E-state index contributed by atoms with van der Waals surface area (Å²) in [5.74, 6) is -2.70. The maximum atomic E-state index is 13.3. The predicted molar refractivity (Wildman–Crippen MR) is 62.9 cm³/mol. The standard InChI is InChI=1S/C11H12BrF2NO2/c1-3-15(2)10(16)6-17-9-5-7(12)4-8(13)11(9)14/h4-5H,3,6H2,1-2H3. The number of carbonyl (C=O) groups is 1. The van der Waals surface area contributed by atoms with Crippen LogP contribution in [0.25, 0.3) is 0 Å². The molecule has 0 spiro atoms. The van der Waals surface area contributed by atoms with Gasteiger partial charge in [-0.25, -0.2) is 4.39 Å². The highest BCUT2D eigenvalue weighted by molar-refractivity contribution is 9.10. The number of hydrogen-bond acceptors (Lipinski definition) is 2. The van der Waals surface area contributed by atoms with Gasteiger partial charge < -0.3 is 9.64 Å². The van der Waals surface area contributed by atoms with E-state index in [9.17, 15) is 13.6 Å². The van der Waals surface area contributed by atoms with Gasteiger partial charge in [0.15, 0.2) is 18.2 Å². The molecular weight excluding hydrogens is 296 g/mol. The number of amides is 1. The molecule has 0 heterocycles. The Hall–Kier alpha value is -1.17. The summed E-state index contributed by atoms with van der Waals surface area (Å²) in [5, 5.41) is 0. The van der Waals surface area contributed by atoms with Gasteiger partial charge in [0.2, 0.25) is 5.82 Å². The van der Waals surface area contributed by atoms with Crippen molar-refractivity contribution in [1.82, 2.24) is 4.90 Å². The van der Waals surface area contributed by atoms with Crippen molar-refractivity contribution in [2.24, 2.45) is 0 Å². The number of carbonyl (C=O) groups excluding carboxylic acids is 1. The number of likely N-dealkylation sites (N-methyl/N-ethyl adjacent to an activating group) is 1. The van der Waals surface area contributed by atoms with E-state index in [1.165, 1.54) is 11.0 Å². The minimum atomic E-state index is -1.10. The zero-order chi connectivity index (χ0) is 13.0. The van der Waals surface area contributed by atoms with Gasteiger partial charge in [0, 0.05) is 18.1 Å². The molecule has 0 N–H and O–H groups in total. The van der Waals surface area contributed by atoms with E-state index in [1.807, 2.05) is 0 Å². The molecule has 1 amide bonds. The molecule has 0 aliphatic heterocycles. The van der Waals surface area contributed by atoms with E-state index < -0.39 is 11.6 Å². The maximum Gasteiger partial charge on any atom is 0.260 e. The summed E-state index contributed by atoms with van der Waals surface area (Å²) >= 11 is 3.01. The summed E-state index contributed by atoms with van der Waals surface area (Å²) in [5.41, 5.74) is 0. The van der Waals surface area contributed by atoms with E-state index in [4.69, 9.17) is 4.74 Å². The van der Waals surface area contributed by atoms with Gasteiger partial charge in [0.25, 0.3) is 5.91 Å². The first-order valence-corrected chi connectivity index (χ1v) is 5.76. The molecule has 6 heteroatoms. The average molecular weight is 308 g/mol. The quantitative estimate of drug-likeness (QED) is 0.800. The van der Waals surface area contributed by atoms with E-state index in [-0.39, 0.29) is 18.3 Å². The molecule has 0 aliphatic rings. The lowest BCUT2D eigenvalue weighted by molar-refractivity contribution is -0.131. The van der Waals surface area contributed by atoms with E-state index >= 15 is 0 Å². The Morgan fingerprint density at radius 3 is 2.71 bits per heavy atom. The molecule has 1 aromatic carbocycles. The van der Waals surface area contributed by atoms with Gasteiger partial charge in [0.1, 0.15) is 0 Å². The fourth-order valence-corrected chi connectivity index (χ4v) is 1.47. The van der Waals surface area contributed by atoms with Crippen LogP contribution in [0.3, 0.4) is 0 Å². The minimum absolute atomic E-state index is 0.283. The molecule has 0 saturated heterocycles. The number of halogens is 3. The van der Waals surface area contributed by atoms with Gasteiger partial charge in [-0.2, -0.15) is 4.39 Å². The van der Waals surface area contributed by atoms with Crippen LogP contribution < -0.4 is 4.74 Å². The summed E-state index contributed by atoms with van der Waals surface area (Å²) in [6.07, 6.45) is 0. The van der Waals surface area contributed by atoms with Crippen molar-refractivity contribution >= 4 is 21.8 Å². The number of benzene rings is 1. The Labute approximate surface area is 106 Å². The maximum absolute atomic E-state index is 13.3. The van der Waals surface area contributed by atoms with E-state index in [2.05, 4.69) is 15.9 Å². The van der Waals surface area contributed by atoms with Crippen LogP contribution in [0.1, 0.15) is 6.92 Å². The third-order valence-electron chi connectivity index (χ3n) is 2.21. The number of hydrogen-bond donors (Lipinski definition) is 0. The molecule has 1 rings (SSSR count). The highest BCUT2D eigenvalue weighted by atomic mass is 79.9. The van der Waals surface area contributed by atoms with Crippen LogP contribution in [0.5, 0.6) is 5.75 Å². The summed E-state index contributed by atoms with van der Waals surface area (Å²) in [6.45, 7) is 2.01. The first kappa shape index (κ1) is 13.9. The van der Waals surface area contributed by atoms with Crippen molar-refractivity contribution in [2.75, 3.05) is 20.2 Å². The molecule has 17 heavy (non-hydrogen) atoms. The van der Waals surface area contributed by atoms with Gasteiger partial charge in [-0.1, -0.05) is 15.9 Å². The summed E-state index contributed by atoms with van der Waals surface area (Å²) < 4.78 is 31.6. The summed E-state index contributed by atoms with van der Waals surface area (Å²) in [7, 11) is 1.60. The highest BCUT2D eigenvalue weighted by Crippen LogP contribution is 2.25. The van der Waals surface area contributed by atoms with E-state index in [1.54, 1.807) is 14.0 Å². The van der Waals surface area contributed by atoms with Crippen molar-refractivity contribution < 1.29 is 18.3 Å². The zero-order valence-corrected chi connectivity index (χ0v) is 11.1. The Bertz CT molecular complexity index is 426. The van der Waals surface area contributed by atoms with Gasteiger partial charge in [-0.05, 0) is 19.1 Å². The smallest absolute Gasteiger partial charge is 0.260 e. The summed E-state index contributed by atoms with van der Waals surface area (Å²) in [4.78, 5) is 12.8. The van der Waals surface area contributed by atoms with Gasteiger partial charge >= 0.3 is 0 Å². The van der Waals surface area contributed by atoms with Crippen molar-refractivity contribution in [3.05, 3.63) is 28.2 Å². The second-order valence-corrected chi connectivity index (χ2v) is 4.31. The molecule has 0 radical (unpaired) electrons. The Morgan fingerprint density at radius 2 is 2.12 bits per heavy atom. The molecule has 1 aromatic rings. The zero-order valence-electron chi connectivity index (χ0n) is 9.47. The molecule has 94 valence electrons. The third kappa shape index (κ3) is 3.66. The Balaban J connectivity index is 2.73.